The summed E-state index contributed by atoms with van der Waals surface area (Å²) in [5, 5.41) is 6.69. The van der Waals surface area contributed by atoms with Crippen molar-refractivity contribution in [2.45, 2.75) is 33.1 Å². The molecule has 1 aromatic rings. The van der Waals surface area contributed by atoms with Gasteiger partial charge in [-0.3, -0.25) is 4.79 Å². The summed E-state index contributed by atoms with van der Waals surface area (Å²) in [6.45, 7) is 5.33. The number of hydrogen-bond donors (Lipinski definition) is 2. The predicted octanol–water partition coefficient (Wildman–Crippen LogP) is 2.21. The van der Waals surface area contributed by atoms with E-state index in [4.69, 9.17) is 4.74 Å². The molecule has 5 nitrogen and oxygen atoms in total. The van der Waals surface area contributed by atoms with Gasteiger partial charge in [0.1, 0.15) is 5.00 Å². The molecule has 6 heteroatoms. The van der Waals surface area contributed by atoms with Crippen LogP contribution in [0.4, 0.5) is 5.00 Å². The van der Waals surface area contributed by atoms with Crippen molar-refractivity contribution in [1.29, 1.82) is 0 Å². The third kappa shape index (κ3) is 3.44. The lowest BCUT2D eigenvalue weighted by Gasteiger charge is -2.12. The highest BCUT2D eigenvalue weighted by Crippen LogP contribution is 2.39. The number of methoxy groups -OCH3 is 1. The fraction of sp³-hybridized carbons (Fsp3) is 0.600. The van der Waals surface area contributed by atoms with Gasteiger partial charge in [-0.1, -0.05) is 13.8 Å². The summed E-state index contributed by atoms with van der Waals surface area (Å²) >= 11 is 1.51. The quantitative estimate of drug-likeness (QED) is 0.791. The molecule has 21 heavy (non-hydrogen) atoms. The minimum Gasteiger partial charge on any atom is -0.465 e. The topological polar surface area (TPSA) is 67.4 Å². The van der Waals surface area contributed by atoms with Gasteiger partial charge in [0.25, 0.3) is 0 Å². The average Bonchev–Trinajstić information content (AvgIpc) is 3.04. The van der Waals surface area contributed by atoms with E-state index >= 15 is 0 Å². The second kappa shape index (κ2) is 7.04. The van der Waals surface area contributed by atoms with Gasteiger partial charge in [0, 0.05) is 17.3 Å². The number of ether oxygens (including phenoxy) is 1. The fourth-order valence-electron chi connectivity index (χ4n) is 2.50. The third-order valence-electron chi connectivity index (χ3n) is 3.70. The van der Waals surface area contributed by atoms with Crippen LogP contribution in [0, 0.1) is 5.92 Å². The molecule has 2 rings (SSSR count). The Morgan fingerprint density at radius 2 is 2.14 bits per heavy atom. The molecule has 0 radical (unpaired) electrons. The molecule has 0 saturated carbocycles. The van der Waals surface area contributed by atoms with Crippen LogP contribution in [-0.2, 0) is 22.4 Å². The highest BCUT2D eigenvalue weighted by atomic mass is 32.1. The van der Waals surface area contributed by atoms with Crippen LogP contribution in [0.25, 0.3) is 0 Å². The molecule has 1 amide bonds. The SMILES string of the molecule is CCNCC(C)C(=O)Nc1sc2c(c1C(=O)OC)CCC2. The van der Waals surface area contributed by atoms with E-state index in [-0.39, 0.29) is 17.8 Å². The summed E-state index contributed by atoms with van der Waals surface area (Å²) in [5.74, 6) is -0.572. The van der Waals surface area contributed by atoms with Crippen molar-refractivity contribution in [3.63, 3.8) is 0 Å². The van der Waals surface area contributed by atoms with Crippen LogP contribution in [-0.4, -0.2) is 32.1 Å². The van der Waals surface area contributed by atoms with Gasteiger partial charge >= 0.3 is 5.97 Å². The van der Waals surface area contributed by atoms with Crippen LogP contribution < -0.4 is 10.6 Å². The lowest BCUT2D eigenvalue weighted by molar-refractivity contribution is -0.119. The smallest absolute Gasteiger partial charge is 0.341 e. The number of hydrogen-bond acceptors (Lipinski definition) is 5. The van der Waals surface area contributed by atoms with Crippen molar-refractivity contribution < 1.29 is 14.3 Å². The van der Waals surface area contributed by atoms with Gasteiger partial charge in [0.15, 0.2) is 0 Å². The molecule has 1 aliphatic carbocycles. The highest BCUT2D eigenvalue weighted by molar-refractivity contribution is 7.17. The Bertz CT molecular complexity index is 539. The molecule has 1 aromatic heterocycles. The number of carbonyl (C=O) groups is 2. The van der Waals surface area contributed by atoms with Crippen LogP contribution in [0.2, 0.25) is 0 Å². The zero-order chi connectivity index (χ0) is 15.4. The van der Waals surface area contributed by atoms with Gasteiger partial charge in [-0.15, -0.1) is 11.3 Å². The van der Waals surface area contributed by atoms with Gasteiger partial charge in [-0.25, -0.2) is 4.79 Å². The maximum atomic E-state index is 12.2. The standard InChI is InChI=1S/C15H22N2O3S/c1-4-16-8-9(2)13(18)17-14-12(15(19)20-3)10-6-5-7-11(10)21-14/h9,16H,4-8H2,1-3H3,(H,17,18). The first-order valence-electron chi connectivity index (χ1n) is 7.32. The van der Waals surface area contributed by atoms with E-state index in [2.05, 4.69) is 10.6 Å². The summed E-state index contributed by atoms with van der Waals surface area (Å²) in [7, 11) is 1.38. The van der Waals surface area contributed by atoms with Crippen LogP contribution >= 0.6 is 11.3 Å². The van der Waals surface area contributed by atoms with E-state index in [1.165, 1.54) is 23.3 Å². The Labute approximate surface area is 129 Å². The largest absolute Gasteiger partial charge is 0.465 e. The second-order valence-electron chi connectivity index (χ2n) is 5.25. The number of rotatable bonds is 6. The Hall–Kier alpha value is -1.40. The average molecular weight is 310 g/mol. The minimum absolute atomic E-state index is 0.0685. The zero-order valence-electron chi connectivity index (χ0n) is 12.7. The van der Waals surface area contributed by atoms with Crippen LogP contribution in [0.5, 0.6) is 0 Å². The van der Waals surface area contributed by atoms with E-state index < -0.39 is 0 Å². The number of aryl methyl sites for hydroxylation is 1. The molecule has 0 bridgehead atoms. The summed E-state index contributed by atoms with van der Waals surface area (Å²) in [4.78, 5) is 25.4. The van der Waals surface area contributed by atoms with Crippen molar-refractivity contribution >= 4 is 28.2 Å². The second-order valence-corrected chi connectivity index (χ2v) is 6.36. The maximum Gasteiger partial charge on any atom is 0.341 e. The molecule has 1 aliphatic rings. The molecule has 0 aliphatic heterocycles. The summed E-state index contributed by atoms with van der Waals surface area (Å²) in [6, 6.07) is 0. The summed E-state index contributed by atoms with van der Waals surface area (Å²) < 4.78 is 4.87. The van der Waals surface area contributed by atoms with Crippen LogP contribution in [0.1, 0.15) is 41.1 Å². The van der Waals surface area contributed by atoms with E-state index in [9.17, 15) is 9.59 Å². The van der Waals surface area contributed by atoms with Gasteiger partial charge < -0.3 is 15.4 Å². The van der Waals surface area contributed by atoms with Gasteiger partial charge in [-0.05, 0) is 31.4 Å². The normalized spacial score (nSPS) is 14.6. The molecule has 1 atom stereocenters. The van der Waals surface area contributed by atoms with Crippen molar-refractivity contribution in [2.24, 2.45) is 5.92 Å². The lowest BCUT2D eigenvalue weighted by atomic mass is 10.1. The number of amides is 1. The van der Waals surface area contributed by atoms with Crippen molar-refractivity contribution in [1.82, 2.24) is 5.32 Å². The molecular formula is C15H22N2O3S. The Balaban J connectivity index is 2.16. The molecule has 0 aromatic carbocycles. The minimum atomic E-state index is -0.357. The van der Waals surface area contributed by atoms with Crippen LogP contribution in [0.3, 0.4) is 0 Å². The molecule has 2 N–H and O–H groups in total. The molecule has 1 heterocycles. The van der Waals surface area contributed by atoms with Crippen molar-refractivity contribution in [3.8, 4) is 0 Å². The first-order valence-corrected chi connectivity index (χ1v) is 8.14. The number of anilines is 1. The van der Waals surface area contributed by atoms with E-state index in [0.29, 0.717) is 17.1 Å². The number of carbonyl (C=O) groups excluding carboxylic acids is 2. The number of fused-ring (bicyclic) bond motifs is 1. The molecular weight excluding hydrogens is 288 g/mol. The monoisotopic (exact) mass is 310 g/mol. The Morgan fingerprint density at radius 1 is 1.38 bits per heavy atom. The van der Waals surface area contributed by atoms with E-state index in [1.54, 1.807) is 0 Å². The van der Waals surface area contributed by atoms with Gasteiger partial charge in [0.05, 0.1) is 12.7 Å². The summed E-state index contributed by atoms with van der Waals surface area (Å²) in [6.07, 6.45) is 2.93. The Morgan fingerprint density at radius 3 is 2.81 bits per heavy atom. The highest BCUT2D eigenvalue weighted by Gasteiger charge is 2.28. The van der Waals surface area contributed by atoms with Crippen molar-refractivity contribution in [3.05, 3.63) is 16.0 Å². The third-order valence-corrected chi connectivity index (χ3v) is 4.90. The zero-order valence-corrected chi connectivity index (χ0v) is 13.6. The molecule has 0 fully saturated rings. The van der Waals surface area contributed by atoms with Gasteiger partial charge in [0.2, 0.25) is 5.91 Å². The fourth-order valence-corrected chi connectivity index (χ4v) is 3.78. The molecule has 116 valence electrons. The number of thiophene rings is 1. The number of esters is 1. The van der Waals surface area contributed by atoms with Crippen molar-refractivity contribution in [2.75, 3.05) is 25.5 Å². The first-order chi connectivity index (χ1) is 10.1. The maximum absolute atomic E-state index is 12.2. The van der Waals surface area contributed by atoms with E-state index in [0.717, 1.165) is 31.4 Å². The molecule has 0 spiro atoms. The summed E-state index contributed by atoms with van der Waals surface area (Å²) in [5.41, 5.74) is 1.61. The lowest BCUT2D eigenvalue weighted by Crippen LogP contribution is -2.30. The van der Waals surface area contributed by atoms with Crippen LogP contribution in [0.15, 0.2) is 0 Å². The number of nitrogens with one attached hydrogen (secondary N) is 2. The first kappa shape index (κ1) is 16.0. The van der Waals surface area contributed by atoms with Gasteiger partial charge in [-0.2, -0.15) is 0 Å². The Kier molecular flexibility index (Phi) is 5.36. The molecule has 1 unspecified atom stereocenters. The predicted molar refractivity (Wildman–Crippen MR) is 84.0 cm³/mol. The molecule has 0 saturated heterocycles. The van der Waals surface area contributed by atoms with E-state index in [1.807, 2.05) is 13.8 Å².